The van der Waals surface area contributed by atoms with E-state index in [2.05, 4.69) is 14.7 Å². The number of H-pyrrole nitrogens is 1. The minimum Gasteiger partial charge on any atom is -0.363 e. The molecule has 0 aliphatic heterocycles. The fourth-order valence-corrected chi connectivity index (χ4v) is 2.70. The summed E-state index contributed by atoms with van der Waals surface area (Å²) >= 11 is 0. The molecule has 7 heteroatoms. The number of rotatable bonds is 6. The molecule has 2 heterocycles. The van der Waals surface area contributed by atoms with E-state index in [9.17, 15) is 8.42 Å². The zero-order valence-electron chi connectivity index (χ0n) is 10.3. The Morgan fingerprint density at radius 1 is 1.42 bits per heavy atom. The fraction of sp³-hybridized carbons (Fsp3) is 0.250. The second kappa shape index (κ2) is 5.96. The lowest BCUT2D eigenvalue weighted by Gasteiger charge is -2.04. The fourth-order valence-electron chi connectivity index (χ4n) is 1.65. The molecule has 0 unspecified atom stereocenters. The zero-order chi connectivity index (χ0) is 13.7. The van der Waals surface area contributed by atoms with Crippen molar-refractivity contribution in [1.29, 1.82) is 0 Å². The average molecular weight is 280 g/mol. The van der Waals surface area contributed by atoms with Gasteiger partial charge in [-0.2, -0.15) is 0 Å². The predicted molar refractivity (Wildman–Crippen MR) is 71.8 cm³/mol. The zero-order valence-corrected chi connectivity index (χ0v) is 11.2. The summed E-state index contributed by atoms with van der Waals surface area (Å²) in [5.41, 5.74) is 7.10. The topological polar surface area (TPSA) is 101 Å². The number of hydrogen-bond acceptors (Lipinski definition) is 4. The summed E-state index contributed by atoms with van der Waals surface area (Å²) in [4.78, 5) is 7.00. The van der Waals surface area contributed by atoms with Gasteiger partial charge in [-0.15, -0.1) is 0 Å². The van der Waals surface area contributed by atoms with Crippen molar-refractivity contribution in [2.45, 2.75) is 17.9 Å². The molecule has 102 valence electrons. The third-order valence-electron chi connectivity index (χ3n) is 2.68. The molecule has 2 rings (SSSR count). The highest BCUT2D eigenvalue weighted by Gasteiger charge is 2.14. The maximum absolute atomic E-state index is 12.0. The highest BCUT2D eigenvalue weighted by atomic mass is 32.2. The van der Waals surface area contributed by atoms with Crippen LogP contribution in [0.4, 0.5) is 0 Å². The number of aromatic amines is 1. The highest BCUT2D eigenvalue weighted by molar-refractivity contribution is 7.89. The van der Waals surface area contributed by atoms with Crippen LogP contribution >= 0.6 is 0 Å². The molecule has 0 saturated heterocycles. The summed E-state index contributed by atoms with van der Waals surface area (Å²) in [7, 11) is -3.48. The second-order valence-corrected chi connectivity index (χ2v) is 5.84. The molecule has 0 amide bonds. The lowest BCUT2D eigenvalue weighted by atomic mass is 10.2. The molecule has 0 spiro atoms. The molecule has 0 radical (unpaired) electrons. The molecule has 0 atom stereocenters. The van der Waals surface area contributed by atoms with E-state index in [-0.39, 0.29) is 11.4 Å². The van der Waals surface area contributed by atoms with Crippen LogP contribution in [-0.4, -0.2) is 24.9 Å². The van der Waals surface area contributed by atoms with Crippen LogP contribution in [0, 0.1) is 0 Å². The Morgan fingerprint density at radius 3 is 2.89 bits per heavy atom. The van der Waals surface area contributed by atoms with Crippen LogP contribution in [0.5, 0.6) is 0 Å². The van der Waals surface area contributed by atoms with Crippen molar-refractivity contribution in [3.63, 3.8) is 0 Å². The van der Waals surface area contributed by atoms with E-state index in [1.807, 2.05) is 12.1 Å². The molecule has 2 aromatic heterocycles. The number of nitrogens with two attached hydrogens (primary N) is 1. The first-order valence-corrected chi connectivity index (χ1v) is 7.36. The number of nitrogens with zero attached hydrogens (tertiary/aromatic N) is 1. The van der Waals surface area contributed by atoms with Gasteiger partial charge in [0.25, 0.3) is 0 Å². The molecular weight excluding hydrogens is 264 g/mol. The predicted octanol–water partition coefficient (Wildman–Crippen LogP) is 0.389. The molecule has 0 fully saturated rings. The van der Waals surface area contributed by atoms with Crippen LogP contribution in [0.2, 0.25) is 0 Å². The molecule has 0 aromatic carbocycles. The van der Waals surface area contributed by atoms with Crippen LogP contribution in [0.15, 0.2) is 41.7 Å². The Kier molecular flexibility index (Phi) is 4.31. The minimum atomic E-state index is -3.48. The lowest BCUT2D eigenvalue weighted by Crippen LogP contribution is -2.25. The molecule has 0 aliphatic rings. The number of aromatic nitrogens is 2. The van der Waals surface area contributed by atoms with Crippen molar-refractivity contribution in [1.82, 2.24) is 14.7 Å². The number of nitrogens with one attached hydrogen (secondary N) is 2. The largest absolute Gasteiger partial charge is 0.363 e. The quantitative estimate of drug-likeness (QED) is 0.712. The van der Waals surface area contributed by atoms with E-state index in [1.165, 1.54) is 12.3 Å². The monoisotopic (exact) mass is 280 g/mol. The van der Waals surface area contributed by atoms with Gasteiger partial charge in [0.05, 0.1) is 4.90 Å². The standard InChI is InChI=1S/C12H16N4O2S/c13-7-11-6-12(9-15-11)19(17,18)16-5-3-10-2-1-4-14-8-10/h1-2,4,6,8-9,15-16H,3,5,7,13H2. The molecule has 19 heavy (non-hydrogen) atoms. The van der Waals surface area contributed by atoms with Gasteiger partial charge in [-0.05, 0) is 24.1 Å². The van der Waals surface area contributed by atoms with Crippen LogP contribution in [-0.2, 0) is 23.0 Å². The van der Waals surface area contributed by atoms with E-state index < -0.39 is 10.0 Å². The summed E-state index contributed by atoms with van der Waals surface area (Å²) in [6.45, 7) is 0.613. The van der Waals surface area contributed by atoms with Crippen molar-refractivity contribution >= 4 is 10.0 Å². The molecule has 0 aliphatic carbocycles. The van der Waals surface area contributed by atoms with Gasteiger partial charge in [-0.3, -0.25) is 4.98 Å². The molecule has 2 aromatic rings. The van der Waals surface area contributed by atoms with E-state index in [0.29, 0.717) is 18.7 Å². The normalized spacial score (nSPS) is 11.6. The van der Waals surface area contributed by atoms with Crippen LogP contribution < -0.4 is 10.5 Å². The van der Waals surface area contributed by atoms with Gasteiger partial charge < -0.3 is 10.7 Å². The molecule has 6 nitrogen and oxygen atoms in total. The van der Waals surface area contributed by atoms with Crippen molar-refractivity contribution in [2.24, 2.45) is 5.73 Å². The first-order chi connectivity index (χ1) is 9.12. The van der Waals surface area contributed by atoms with Crippen LogP contribution in [0.3, 0.4) is 0 Å². The Hall–Kier alpha value is -1.70. The maximum Gasteiger partial charge on any atom is 0.242 e. The first-order valence-electron chi connectivity index (χ1n) is 5.88. The smallest absolute Gasteiger partial charge is 0.242 e. The van der Waals surface area contributed by atoms with Gasteiger partial charge in [-0.25, -0.2) is 13.1 Å². The third kappa shape index (κ3) is 3.63. The van der Waals surface area contributed by atoms with E-state index in [1.54, 1.807) is 12.4 Å². The Balaban J connectivity index is 1.94. The molecule has 0 saturated carbocycles. The molecule has 0 bridgehead atoms. The van der Waals surface area contributed by atoms with Gasteiger partial charge in [0, 0.05) is 37.4 Å². The maximum atomic E-state index is 12.0. The van der Waals surface area contributed by atoms with Crippen LogP contribution in [0.1, 0.15) is 11.3 Å². The number of hydrogen-bond donors (Lipinski definition) is 3. The van der Waals surface area contributed by atoms with E-state index >= 15 is 0 Å². The number of sulfonamides is 1. The van der Waals surface area contributed by atoms with Gasteiger partial charge in [-0.1, -0.05) is 6.07 Å². The Labute approximate surface area is 112 Å². The molecular formula is C12H16N4O2S. The van der Waals surface area contributed by atoms with Gasteiger partial charge in [0.15, 0.2) is 0 Å². The average Bonchev–Trinajstić information content (AvgIpc) is 2.89. The first kappa shape index (κ1) is 13.7. The van der Waals surface area contributed by atoms with Crippen molar-refractivity contribution in [3.8, 4) is 0 Å². The lowest BCUT2D eigenvalue weighted by molar-refractivity contribution is 0.581. The third-order valence-corrected chi connectivity index (χ3v) is 4.12. The second-order valence-electron chi connectivity index (χ2n) is 4.07. The van der Waals surface area contributed by atoms with Crippen molar-refractivity contribution in [3.05, 3.63) is 48.0 Å². The van der Waals surface area contributed by atoms with Crippen LogP contribution in [0.25, 0.3) is 0 Å². The summed E-state index contributed by atoms with van der Waals surface area (Å²) in [5, 5.41) is 0. The van der Waals surface area contributed by atoms with Gasteiger partial charge in [0.1, 0.15) is 0 Å². The Bertz CT molecular complexity index is 622. The van der Waals surface area contributed by atoms with Gasteiger partial charge >= 0.3 is 0 Å². The highest BCUT2D eigenvalue weighted by Crippen LogP contribution is 2.10. The summed E-state index contributed by atoms with van der Waals surface area (Å²) in [5.74, 6) is 0. The molecule has 4 N–H and O–H groups in total. The summed E-state index contributed by atoms with van der Waals surface area (Å²) in [6, 6.07) is 5.26. The Morgan fingerprint density at radius 2 is 2.26 bits per heavy atom. The van der Waals surface area contributed by atoms with E-state index in [0.717, 1.165) is 5.56 Å². The number of pyridine rings is 1. The summed E-state index contributed by atoms with van der Waals surface area (Å²) in [6.07, 6.45) is 5.44. The van der Waals surface area contributed by atoms with Crippen molar-refractivity contribution in [2.75, 3.05) is 6.54 Å². The van der Waals surface area contributed by atoms with E-state index in [4.69, 9.17) is 5.73 Å². The van der Waals surface area contributed by atoms with Crippen molar-refractivity contribution < 1.29 is 8.42 Å². The SMILES string of the molecule is NCc1cc(S(=O)(=O)NCCc2cccnc2)c[nH]1. The van der Waals surface area contributed by atoms with Gasteiger partial charge in [0.2, 0.25) is 10.0 Å². The minimum absolute atomic E-state index is 0.208. The summed E-state index contributed by atoms with van der Waals surface area (Å²) < 4.78 is 26.5.